The molecule has 1 aromatic rings. The van der Waals surface area contributed by atoms with Crippen LogP contribution in [0.4, 0.5) is 0 Å². The highest BCUT2D eigenvalue weighted by atomic mass is 16.5. The third-order valence-corrected chi connectivity index (χ3v) is 3.13. The minimum Gasteiger partial charge on any atom is -0.492 e. The Morgan fingerprint density at radius 2 is 2.12 bits per heavy atom. The molecule has 0 saturated heterocycles. The number of hydrogen-bond acceptors (Lipinski definition) is 5. The Balaban J connectivity index is 2.86. The van der Waals surface area contributed by atoms with Crippen LogP contribution < -0.4 is 14.8 Å². The second-order valence-electron chi connectivity index (χ2n) is 4.79. The van der Waals surface area contributed by atoms with Crippen LogP contribution >= 0.6 is 0 Å². The maximum atomic E-state index is 12.1. The quantitative estimate of drug-likeness (QED) is 0.404. The standard InChI is InChI=1S/C18H24N2O4/c1-4-23-11-7-10-20-18(21)15(13-19)12-14-8-6-9-16(24-5-2)17(14)22-3/h6,8-9,12H,4-5,7,10-11H2,1-3H3,(H,20,21)/b15-12+. The van der Waals surface area contributed by atoms with Crippen LogP contribution in [0.3, 0.4) is 0 Å². The summed E-state index contributed by atoms with van der Waals surface area (Å²) in [5, 5.41) is 12.0. The number of amides is 1. The number of nitrogens with one attached hydrogen (secondary N) is 1. The van der Waals surface area contributed by atoms with Crippen LogP contribution in [-0.2, 0) is 9.53 Å². The Bertz CT molecular complexity index is 606. The van der Waals surface area contributed by atoms with Gasteiger partial charge in [-0.1, -0.05) is 12.1 Å². The van der Waals surface area contributed by atoms with Crippen molar-refractivity contribution in [2.45, 2.75) is 20.3 Å². The van der Waals surface area contributed by atoms with Gasteiger partial charge in [-0.15, -0.1) is 0 Å². The van der Waals surface area contributed by atoms with Gasteiger partial charge in [0.05, 0.1) is 13.7 Å². The fourth-order valence-corrected chi connectivity index (χ4v) is 2.05. The van der Waals surface area contributed by atoms with Crippen LogP contribution in [0.15, 0.2) is 23.8 Å². The van der Waals surface area contributed by atoms with Gasteiger partial charge in [-0.3, -0.25) is 4.79 Å². The SMILES string of the molecule is CCOCCCNC(=O)/C(C#N)=C/c1cccc(OCC)c1OC. The number of nitriles is 1. The molecule has 0 fully saturated rings. The molecule has 1 aromatic carbocycles. The molecule has 0 unspecified atom stereocenters. The fourth-order valence-electron chi connectivity index (χ4n) is 2.05. The molecular weight excluding hydrogens is 308 g/mol. The Morgan fingerprint density at radius 3 is 2.75 bits per heavy atom. The Morgan fingerprint density at radius 1 is 1.33 bits per heavy atom. The minimum absolute atomic E-state index is 0.0124. The smallest absolute Gasteiger partial charge is 0.261 e. The molecule has 0 saturated carbocycles. The van der Waals surface area contributed by atoms with E-state index in [1.54, 1.807) is 18.2 Å². The van der Waals surface area contributed by atoms with Gasteiger partial charge in [0.2, 0.25) is 0 Å². The van der Waals surface area contributed by atoms with E-state index in [1.165, 1.54) is 13.2 Å². The lowest BCUT2D eigenvalue weighted by Gasteiger charge is -2.12. The highest BCUT2D eigenvalue weighted by Crippen LogP contribution is 2.32. The molecular formula is C18H24N2O4. The van der Waals surface area contributed by atoms with Crippen LogP contribution in [0.25, 0.3) is 6.08 Å². The molecule has 1 N–H and O–H groups in total. The first-order valence-corrected chi connectivity index (χ1v) is 7.95. The number of benzene rings is 1. The Labute approximate surface area is 143 Å². The molecule has 130 valence electrons. The maximum absolute atomic E-state index is 12.1. The van der Waals surface area contributed by atoms with Gasteiger partial charge >= 0.3 is 0 Å². The summed E-state index contributed by atoms with van der Waals surface area (Å²) in [6, 6.07) is 7.25. The number of methoxy groups -OCH3 is 1. The van der Waals surface area contributed by atoms with Crippen molar-refractivity contribution in [2.24, 2.45) is 0 Å². The summed E-state index contributed by atoms with van der Waals surface area (Å²) in [5.74, 6) is 0.650. The number of carbonyl (C=O) groups excluding carboxylic acids is 1. The lowest BCUT2D eigenvalue weighted by Crippen LogP contribution is -2.26. The third-order valence-electron chi connectivity index (χ3n) is 3.13. The second-order valence-corrected chi connectivity index (χ2v) is 4.79. The molecule has 6 nitrogen and oxygen atoms in total. The number of nitrogens with zero attached hydrogens (tertiary/aromatic N) is 1. The van der Waals surface area contributed by atoms with Crippen molar-refractivity contribution in [2.75, 3.05) is 33.5 Å². The molecule has 0 radical (unpaired) electrons. The molecule has 0 aliphatic carbocycles. The molecule has 1 amide bonds. The van der Waals surface area contributed by atoms with Crippen molar-refractivity contribution in [3.05, 3.63) is 29.3 Å². The largest absolute Gasteiger partial charge is 0.492 e. The van der Waals surface area contributed by atoms with Crippen LogP contribution in [-0.4, -0.2) is 39.4 Å². The number of ether oxygens (including phenoxy) is 3. The first kappa shape index (κ1) is 19.5. The van der Waals surface area contributed by atoms with E-state index in [0.29, 0.717) is 49.8 Å². The monoisotopic (exact) mass is 332 g/mol. The van der Waals surface area contributed by atoms with E-state index in [4.69, 9.17) is 14.2 Å². The summed E-state index contributed by atoms with van der Waals surface area (Å²) in [5.41, 5.74) is 0.628. The number of hydrogen-bond donors (Lipinski definition) is 1. The zero-order valence-electron chi connectivity index (χ0n) is 14.4. The van der Waals surface area contributed by atoms with Gasteiger partial charge in [-0.05, 0) is 32.4 Å². The highest BCUT2D eigenvalue weighted by Gasteiger charge is 2.13. The van der Waals surface area contributed by atoms with Gasteiger partial charge in [0.15, 0.2) is 11.5 Å². The van der Waals surface area contributed by atoms with Gasteiger partial charge in [0, 0.05) is 25.3 Å². The van der Waals surface area contributed by atoms with Crippen molar-refractivity contribution in [3.8, 4) is 17.6 Å². The maximum Gasteiger partial charge on any atom is 0.261 e. The topological polar surface area (TPSA) is 80.6 Å². The molecule has 6 heteroatoms. The van der Waals surface area contributed by atoms with E-state index >= 15 is 0 Å². The molecule has 0 aliphatic rings. The van der Waals surface area contributed by atoms with Gasteiger partial charge in [-0.25, -0.2) is 0 Å². The van der Waals surface area contributed by atoms with Crippen LogP contribution in [0, 0.1) is 11.3 Å². The predicted octanol–water partition coefficient (Wildman–Crippen LogP) is 2.54. The van der Waals surface area contributed by atoms with Crippen molar-refractivity contribution in [1.29, 1.82) is 5.26 Å². The van der Waals surface area contributed by atoms with Crippen molar-refractivity contribution in [1.82, 2.24) is 5.32 Å². The molecule has 0 heterocycles. The van der Waals surface area contributed by atoms with Crippen LogP contribution in [0.2, 0.25) is 0 Å². The summed E-state index contributed by atoms with van der Waals surface area (Å²) < 4.78 is 16.1. The predicted molar refractivity (Wildman–Crippen MR) is 91.9 cm³/mol. The van der Waals surface area contributed by atoms with E-state index in [9.17, 15) is 10.1 Å². The van der Waals surface area contributed by atoms with Gasteiger partial charge in [0.1, 0.15) is 11.6 Å². The van der Waals surface area contributed by atoms with E-state index in [-0.39, 0.29) is 5.57 Å². The Kier molecular flexibility index (Phi) is 9.02. The summed E-state index contributed by atoms with van der Waals surface area (Å²) in [7, 11) is 1.52. The van der Waals surface area contributed by atoms with Crippen molar-refractivity contribution >= 4 is 12.0 Å². The van der Waals surface area contributed by atoms with Crippen LogP contribution in [0.5, 0.6) is 11.5 Å². The highest BCUT2D eigenvalue weighted by molar-refractivity contribution is 6.02. The average molecular weight is 332 g/mol. The van der Waals surface area contributed by atoms with Gasteiger partial charge in [-0.2, -0.15) is 5.26 Å². The van der Waals surface area contributed by atoms with Gasteiger partial charge in [0.25, 0.3) is 5.91 Å². The number of rotatable bonds is 10. The Hall–Kier alpha value is -2.52. The van der Waals surface area contributed by atoms with E-state index in [0.717, 1.165) is 0 Å². The minimum atomic E-state index is -0.419. The van der Waals surface area contributed by atoms with Crippen LogP contribution in [0.1, 0.15) is 25.8 Å². The van der Waals surface area contributed by atoms with E-state index in [1.807, 2.05) is 19.9 Å². The average Bonchev–Trinajstić information content (AvgIpc) is 2.59. The van der Waals surface area contributed by atoms with E-state index in [2.05, 4.69) is 5.32 Å². The molecule has 1 rings (SSSR count). The first-order chi connectivity index (χ1) is 11.7. The summed E-state index contributed by atoms with van der Waals surface area (Å²) in [4.78, 5) is 12.1. The van der Waals surface area contributed by atoms with Crippen molar-refractivity contribution < 1.29 is 19.0 Å². The number of para-hydroxylation sites is 1. The summed E-state index contributed by atoms with van der Waals surface area (Å²) >= 11 is 0. The zero-order valence-corrected chi connectivity index (χ0v) is 14.4. The molecule has 0 aliphatic heterocycles. The number of carbonyl (C=O) groups is 1. The zero-order chi connectivity index (χ0) is 17.8. The molecule has 0 aromatic heterocycles. The lowest BCUT2D eigenvalue weighted by molar-refractivity contribution is -0.117. The first-order valence-electron chi connectivity index (χ1n) is 7.95. The third kappa shape index (κ3) is 5.94. The molecule has 0 atom stereocenters. The van der Waals surface area contributed by atoms with Gasteiger partial charge < -0.3 is 19.5 Å². The summed E-state index contributed by atoms with van der Waals surface area (Å²) in [6.07, 6.45) is 2.20. The normalized spacial score (nSPS) is 10.8. The lowest BCUT2D eigenvalue weighted by atomic mass is 10.1. The molecule has 0 bridgehead atoms. The summed E-state index contributed by atoms with van der Waals surface area (Å²) in [6.45, 7) is 5.96. The second kappa shape index (κ2) is 11.1. The van der Waals surface area contributed by atoms with E-state index < -0.39 is 5.91 Å². The molecule has 24 heavy (non-hydrogen) atoms. The fraction of sp³-hybridized carbons (Fsp3) is 0.444. The molecule has 0 spiro atoms. The van der Waals surface area contributed by atoms with Crippen molar-refractivity contribution in [3.63, 3.8) is 0 Å².